The van der Waals surface area contributed by atoms with E-state index in [-0.39, 0.29) is 34.4 Å². The molecule has 12 heteroatoms. The normalized spacial score (nSPS) is 16.9. The second-order valence-corrected chi connectivity index (χ2v) is 8.07. The van der Waals surface area contributed by atoms with Crippen molar-refractivity contribution in [3.63, 3.8) is 0 Å². The number of amides is 1. The van der Waals surface area contributed by atoms with Crippen molar-refractivity contribution in [1.29, 1.82) is 0 Å². The SMILES string of the molecule is Cn1ncc(NC(=O)c2nc(-c3c(F)cccc3F)sc2N)c1N1CCNCC(F)C1. The summed E-state index contributed by atoms with van der Waals surface area (Å²) in [6.45, 7) is 1.50. The number of anilines is 3. The van der Waals surface area contributed by atoms with E-state index in [1.54, 1.807) is 11.9 Å². The lowest BCUT2D eigenvalue weighted by Gasteiger charge is -2.24. The topological polar surface area (TPSA) is 101 Å². The largest absolute Gasteiger partial charge is 0.389 e. The molecule has 4 N–H and O–H groups in total. The zero-order valence-corrected chi connectivity index (χ0v) is 17.3. The smallest absolute Gasteiger partial charge is 0.277 e. The van der Waals surface area contributed by atoms with Crippen molar-refractivity contribution in [1.82, 2.24) is 20.1 Å². The Labute approximate surface area is 179 Å². The van der Waals surface area contributed by atoms with E-state index in [1.807, 2.05) is 0 Å². The molecule has 2 aromatic heterocycles. The second kappa shape index (κ2) is 8.55. The first-order chi connectivity index (χ1) is 14.8. The van der Waals surface area contributed by atoms with Crippen molar-refractivity contribution < 1.29 is 18.0 Å². The van der Waals surface area contributed by atoms with Gasteiger partial charge in [0.05, 0.1) is 18.3 Å². The summed E-state index contributed by atoms with van der Waals surface area (Å²) in [5.74, 6) is -1.72. The van der Waals surface area contributed by atoms with Crippen molar-refractivity contribution in [3.05, 3.63) is 41.7 Å². The first-order valence-electron chi connectivity index (χ1n) is 9.49. The lowest BCUT2D eigenvalue weighted by Crippen LogP contribution is -2.33. The minimum absolute atomic E-state index is 0.0170. The molecule has 1 unspecified atom stereocenters. The number of benzene rings is 1. The lowest BCUT2D eigenvalue weighted by atomic mass is 10.2. The standard InChI is InChI=1S/C19H20F3N7OS/c1-28-19(29-6-5-24-7-10(20)9-29)13(8-25-28)26-17(30)15-16(23)31-18(27-15)14-11(21)3-2-4-12(14)22/h2-4,8,10,24H,5-7,9,23H2,1H3,(H,26,30). The highest BCUT2D eigenvalue weighted by Gasteiger charge is 2.26. The van der Waals surface area contributed by atoms with E-state index in [2.05, 4.69) is 20.7 Å². The first-order valence-corrected chi connectivity index (χ1v) is 10.3. The van der Waals surface area contributed by atoms with E-state index >= 15 is 0 Å². The summed E-state index contributed by atoms with van der Waals surface area (Å²) in [5.41, 5.74) is 5.78. The minimum atomic E-state index is -1.08. The first kappa shape index (κ1) is 21.1. The average molecular weight is 451 g/mol. The molecule has 3 aromatic rings. The van der Waals surface area contributed by atoms with Gasteiger partial charge >= 0.3 is 0 Å². The fraction of sp³-hybridized carbons (Fsp3) is 0.316. The van der Waals surface area contributed by atoms with E-state index in [0.29, 0.717) is 24.6 Å². The molecule has 1 aliphatic rings. The number of alkyl halides is 1. The van der Waals surface area contributed by atoms with Crippen LogP contribution in [0.2, 0.25) is 0 Å². The number of aromatic nitrogens is 3. The quantitative estimate of drug-likeness (QED) is 0.563. The van der Waals surface area contributed by atoms with Crippen LogP contribution in [0.5, 0.6) is 0 Å². The third-order valence-electron chi connectivity index (χ3n) is 4.84. The predicted molar refractivity (Wildman–Crippen MR) is 113 cm³/mol. The Morgan fingerprint density at radius 3 is 2.84 bits per heavy atom. The van der Waals surface area contributed by atoms with Gasteiger partial charge in [0.25, 0.3) is 5.91 Å². The van der Waals surface area contributed by atoms with E-state index in [0.717, 1.165) is 23.5 Å². The highest BCUT2D eigenvalue weighted by Crippen LogP contribution is 2.34. The molecule has 3 heterocycles. The Balaban J connectivity index is 1.61. The summed E-state index contributed by atoms with van der Waals surface area (Å²) in [5, 5.41) is 9.83. The van der Waals surface area contributed by atoms with Crippen LogP contribution in [0.25, 0.3) is 10.6 Å². The molecule has 31 heavy (non-hydrogen) atoms. The van der Waals surface area contributed by atoms with E-state index in [9.17, 15) is 18.0 Å². The summed E-state index contributed by atoms with van der Waals surface area (Å²) in [4.78, 5) is 18.7. The summed E-state index contributed by atoms with van der Waals surface area (Å²) in [6, 6.07) is 3.45. The Morgan fingerprint density at radius 1 is 1.35 bits per heavy atom. The predicted octanol–water partition coefficient (Wildman–Crippen LogP) is 2.40. The third-order valence-corrected chi connectivity index (χ3v) is 5.75. The van der Waals surface area contributed by atoms with Gasteiger partial charge in [-0.2, -0.15) is 5.10 Å². The van der Waals surface area contributed by atoms with Gasteiger partial charge in [-0.15, -0.1) is 0 Å². The molecule has 1 amide bonds. The van der Waals surface area contributed by atoms with E-state index in [1.165, 1.54) is 16.9 Å². The molecular weight excluding hydrogens is 431 g/mol. The van der Waals surface area contributed by atoms with Crippen molar-refractivity contribution in [2.45, 2.75) is 6.17 Å². The molecule has 164 valence electrons. The summed E-state index contributed by atoms with van der Waals surface area (Å²) in [6.07, 6.45) is 0.368. The van der Waals surface area contributed by atoms with Crippen molar-refractivity contribution in [2.24, 2.45) is 7.05 Å². The van der Waals surface area contributed by atoms with Gasteiger partial charge < -0.3 is 21.3 Å². The van der Waals surface area contributed by atoms with E-state index < -0.39 is 23.7 Å². The Hall–Kier alpha value is -3.12. The van der Waals surface area contributed by atoms with E-state index in [4.69, 9.17) is 5.73 Å². The minimum Gasteiger partial charge on any atom is -0.389 e. The van der Waals surface area contributed by atoms with Crippen molar-refractivity contribution >= 4 is 33.8 Å². The van der Waals surface area contributed by atoms with Crippen LogP contribution >= 0.6 is 11.3 Å². The number of hydrogen-bond acceptors (Lipinski definition) is 7. The number of carbonyl (C=O) groups excluding carboxylic acids is 1. The molecule has 1 aromatic carbocycles. The van der Waals surface area contributed by atoms with Crippen molar-refractivity contribution in [2.75, 3.05) is 42.1 Å². The molecule has 1 aliphatic heterocycles. The summed E-state index contributed by atoms with van der Waals surface area (Å²) >= 11 is 0.812. The molecule has 8 nitrogen and oxygen atoms in total. The van der Waals surface area contributed by atoms with Gasteiger partial charge in [-0.25, -0.2) is 18.2 Å². The number of carbonyl (C=O) groups is 1. The van der Waals surface area contributed by atoms with Gasteiger partial charge in [-0.1, -0.05) is 17.4 Å². The lowest BCUT2D eigenvalue weighted by molar-refractivity contribution is 0.102. The molecule has 0 bridgehead atoms. The number of nitrogens with two attached hydrogens (primary N) is 1. The maximum absolute atomic E-state index is 14.1. The van der Waals surface area contributed by atoms with Crippen molar-refractivity contribution in [3.8, 4) is 10.6 Å². The van der Waals surface area contributed by atoms with Crippen LogP contribution < -0.4 is 21.3 Å². The number of nitrogens with one attached hydrogen (secondary N) is 2. The van der Waals surface area contributed by atoms with Crippen LogP contribution in [0.1, 0.15) is 10.5 Å². The van der Waals surface area contributed by atoms with Gasteiger partial charge in [0.15, 0.2) is 11.5 Å². The van der Waals surface area contributed by atoms with Crippen LogP contribution in [0, 0.1) is 11.6 Å². The average Bonchev–Trinajstić information content (AvgIpc) is 3.18. The highest BCUT2D eigenvalue weighted by molar-refractivity contribution is 7.19. The van der Waals surface area contributed by atoms with Crippen LogP contribution in [0.4, 0.5) is 29.7 Å². The molecule has 1 atom stereocenters. The maximum Gasteiger partial charge on any atom is 0.277 e. The molecule has 1 saturated heterocycles. The molecule has 1 fully saturated rings. The fourth-order valence-corrected chi connectivity index (χ4v) is 4.32. The van der Waals surface area contributed by atoms with Crippen LogP contribution in [-0.4, -0.2) is 53.0 Å². The molecule has 0 radical (unpaired) electrons. The zero-order valence-electron chi connectivity index (χ0n) is 16.5. The number of aryl methyl sites for hydroxylation is 1. The number of thiazole rings is 1. The summed E-state index contributed by atoms with van der Waals surface area (Å²) in [7, 11) is 1.69. The van der Waals surface area contributed by atoms with Gasteiger partial charge in [-0.05, 0) is 12.1 Å². The number of halogens is 3. The fourth-order valence-electron chi connectivity index (χ4n) is 3.44. The third kappa shape index (κ3) is 4.21. The number of nitrogen functional groups attached to an aromatic ring is 1. The Kier molecular flexibility index (Phi) is 5.83. The van der Waals surface area contributed by atoms with Gasteiger partial charge in [0.1, 0.15) is 33.5 Å². The zero-order chi connectivity index (χ0) is 22.1. The Bertz CT molecular complexity index is 1100. The van der Waals surface area contributed by atoms with Gasteiger partial charge in [0.2, 0.25) is 0 Å². The monoisotopic (exact) mass is 451 g/mol. The van der Waals surface area contributed by atoms with Crippen LogP contribution in [-0.2, 0) is 7.05 Å². The molecule has 4 rings (SSSR count). The number of rotatable bonds is 4. The van der Waals surface area contributed by atoms with Gasteiger partial charge in [-0.3, -0.25) is 9.48 Å². The molecule has 0 saturated carbocycles. The van der Waals surface area contributed by atoms with Crippen LogP contribution in [0.3, 0.4) is 0 Å². The number of nitrogens with zero attached hydrogens (tertiary/aromatic N) is 4. The highest BCUT2D eigenvalue weighted by atomic mass is 32.1. The molecule has 0 aliphatic carbocycles. The number of hydrogen-bond donors (Lipinski definition) is 3. The van der Waals surface area contributed by atoms with Gasteiger partial charge in [0, 0.05) is 26.7 Å². The molecule has 0 spiro atoms. The maximum atomic E-state index is 14.1. The second-order valence-electron chi connectivity index (χ2n) is 7.04. The Morgan fingerprint density at radius 2 is 2.10 bits per heavy atom. The van der Waals surface area contributed by atoms with Crippen LogP contribution in [0.15, 0.2) is 24.4 Å². The summed E-state index contributed by atoms with van der Waals surface area (Å²) < 4.78 is 43.8. The molecular formula is C19H20F3N7OS.